The Kier molecular flexibility index (Phi) is 9.46. The first-order valence-electron chi connectivity index (χ1n) is 14.1. The Morgan fingerprint density at radius 1 is 1.07 bits per heavy atom. The van der Waals surface area contributed by atoms with Crippen LogP contribution in [0.2, 0.25) is 0 Å². The summed E-state index contributed by atoms with van der Waals surface area (Å²) in [7, 11) is 1.57. The third kappa shape index (κ3) is 7.63. The summed E-state index contributed by atoms with van der Waals surface area (Å²) < 4.78 is 44.4. The van der Waals surface area contributed by atoms with Crippen LogP contribution < -0.4 is 10.6 Å². The van der Waals surface area contributed by atoms with Gasteiger partial charge in [-0.1, -0.05) is 12.1 Å². The average Bonchev–Trinajstić information content (AvgIpc) is 3.42. The van der Waals surface area contributed by atoms with Gasteiger partial charge in [0.2, 0.25) is 5.91 Å². The number of rotatable bonds is 9. The number of aromatic nitrogens is 3. The Balaban J connectivity index is 1.13. The third-order valence-corrected chi connectivity index (χ3v) is 7.74. The van der Waals surface area contributed by atoms with Crippen LogP contribution >= 0.6 is 0 Å². The van der Waals surface area contributed by atoms with E-state index in [1.807, 2.05) is 12.1 Å². The van der Waals surface area contributed by atoms with E-state index < -0.39 is 17.6 Å². The van der Waals surface area contributed by atoms with Crippen LogP contribution in [0.25, 0.3) is 17.0 Å². The number of hydrogen-bond donors (Lipinski definition) is 2. The molecule has 0 radical (unpaired) electrons. The Labute approximate surface area is 247 Å². The highest BCUT2D eigenvalue weighted by atomic mass is 19.4. The second-order valence-electron chi connectivity index (χ2n) is 10.7. The molecule has 3 heterocycles. The fourth-order valence-electron chi connectivity index (χ4n) is 5.61. The molecule has 0 spiro atoms. The SMILES string of the molecule is COC[C@@H]1C[C@H](NC2CC=C(c3ccc(-c4ncccn4)cn3)CC2)CN1C(=O)CNC(=O)c1cccc(C(F)(F)F)c1. The van der Waals surface area contributed by atoms with Gasteiger partial charge in [-0.2, -0.15) is 13.2 Å². The summed E-state index contributed by atoms with van der Waals surface area (Å²) in [5, 5.41) is 6.15. The molecule has 1 unspecified atom stereocenters. The van der Waals surface area contributed by atoms with Crippen molar-refractivity contribution in [3.05, 3.63) is 84.0 Å². The van der Waals surface area contributed by atoms with E-state index in [-0.39, 0.29) is 36.1 Å². The van der Waals surface area contributed by atoms with Crippen molar-refractivity contribution in [3.8, 4) is 11.4 Å². The number of alkyl halides is 3. The number of pyridine rings is 1. The molecule has 3 aromatic rings. The van der Waals surface area contributed by atoms with Crippen LogP contribution in [0.4, 0.5) is 13.2 Å². The smallest absolute Gasteiger partial charge is 0.383 e. The first-order chi connectivity index (χ1) is 20.7. The lowest BCUT2D eigenvalue weighted by molar-refractivity contribution is -0.137. The van der Waals surface area contributed by atoms with E-state index in [9.17, 15) is 22.8 Å². The largest absolute Gasteiger partial charge is 0.416 e. The van der Waals surface area contributed by atoms with Crippen molar-refractivity contribution in [3.63, 3.8) is 0 Å². The summed E-state index contributed by atoms with van der Waals surface area (Å²) in [4.78, 5) is 40.4. The maximum absolute atomic E-state index is 13.1. The maximum Gasteiger partial charge on any atom is 0.416 e. The van der Waals surface area contributed by atoms with Gasteiger partial charge in [0.05, 0.1) is 30.5 Å². The summed E-state index contributed by atoms with van der Waals surface area (Å²) in [5.74, 6) is -0.413. The minimum absolute atomic E-state index is 0.0477. The zero-order chi connectivity index (χ0) is 30.4. The van der Waals surface area contributed by atoms with Gasteiger partial charge in [-0.15, -0.1) is 0 Å². The highest BCUT2D eigenvalue weighted by Gasteiger charge is 2.36. The summed E-state index contributed by atoms with van der Waals surface area (Å²) in [6.07, 6.45) is 6.14. The number of carbonyl (C=O) groups is 2. The number of methoxy groups -OCH3 is 1. The second kappa shape index (κ2) is 13.4. The van der Waals surface area contributed by atoms with Crippen LogP contribution in [0.1, 0.15) is 47.3 Å². The fraction of sp³-hybridized carbons (Fsp3) is 0.387. The number of nitrogens with zero attached hydrogens (tertiary/aromatic N) is 4. The van der Waals surface area contributed by atoms with Gasteiger partial charge in [-0.05, 0) is 67.7 Å². The van der Waals surface area contributed by atoms with Crippen molar-refractivity contribution >= 4 is 17.4 Å². The lowest BCUT2D eigenvalue weighted by Gasteiger charge is -2.26. The predicted octanol–water partition coefficient (Wildman–Crippen LogP) is 4.13. The minimum Gasteiger partial charge on any atom is -0.383 e. The van der Waals surface area contributed by atoms with Crippen LogP contribution in [-0.4, -0.2) is 76.6 Å². The molecule has 1 aliphatic carbocycles. The number of ether oxygens (including phenoxy) is 1. The molecule has 9 nitrogen and oxygen atoms in total. The first kappa shape index (κ1) is 30.3. The molecule has 0 bridgehead atoms. The normalized spacial score (nSPS) is 20.5. The van der Waals surface area contributed by atoms with Gasteiger partial charge < -0.3 is 20.3 Å². The molecule has 2 aromatic heterocycles. The second-order valence-corrected chi connectivity index (χ2v) is 10.7. The lowest BCUT2D eigenvalue weighted by Crippen LogP contribution is -2.45. The van der Waals surface area contributed by atoms with Crippen LogP contribution in [0, 0.1) is 0 Å². The third-order valence-electron chi connectivity index (χ3n) is 7.74. The Bertz CT molecular complexity index is 1450. The van der Waals surface area contributed by atoms with Gasteiger partial charge in [0, 0.05) is 55.5 Å². The molecule has 1 saturated heterocycles. The van der Waals surface area contributed by atoms with Crippen molar-refractivity contribution in [2.24, 2.45) is 0 Å². The van der Waals surface area contributed by atoms with Crippen LogP contribution in [-0.2, 0) is 15.7 Å². The van der Waals surface area contributed by atoms with Crippen LogP contribution in [0.15, 0.2) is 67.1 Å². The molecule has 1 fully saturated rings. The molecule has 2 amide bonds. The highest BCUT2D eigenvalue weighted by Crippen LogP contribution is 2.30. The van der Waals surface area contributed by atoms with Crippen molar-refractivity contribution in [2.45, 2.75) is 50.0 Å². The number of allylic oxidation sites excluding steroid dienone is 1. The molecular formula is C31H33F3N6O3. The summed E-state index contributed by atoms with van der Waals surface area (Å²) in [6, 6.07) is 9.98. The van der Waals surface area contributed by atoms with Crippen molar-refractivity contribution < 1.29 is 27.5 Å². The molecule has 226 valence electrons. The van der Waals surface area contributed by atoms with Crippen molar-refractivity contribution in [1.82, 2.24) is 30.5 Å². The molecule has 0 saturated carbocycles. The molecule has 3 atom stereocenters. The van der Waals surface area contributed by atoms with Crippen molar-refractivity contribution in [2.75, 3.05) is 26.8 Å². The van der Waals surface area contributed by atoms with Gasteiger partial charge in [-0.25, -0.2) is 9.97 Å². The quantitative estimate of drug-likeness (QED) is 0.384. The van der Waals surface area contributed by atoms with E-state index in [0.29, 0.717) is 25.4 Å². The van der Waals surface area contributed by atoms with Gasteiger partial charge in [0.15, 0.2) is 5.82 Å². The average molecular weight is 595 g/mol. The Morgan fingerprint density at radius 3 is 2.56 bits per heavy atom. The Hall–Kier alpha value is -4.16. The number of amides is 2. The summed E-state index contributed by atoms with van der Waals surface area (Å²) in [5.41, 5.74) is 1.91. The van der Waals surface area contributed by atoms with E-state index >= 15 is 0 Å². The van der Waals surface area contributed by atoms with Gasteiger partial charge in [0.1, 0.15) is 0 Å². The molecule has 2 aliphatic rings. The number of hydrogen-bond acceptors (Lipinski definition) is 7. The molecule has 2 N–H and O–H groups in total. The fourth-order valence-corrected chi connectivity index (χ4v) is 5.61. The molecule has 5 rings (SSSR count). The highest BCUT2D eigenvalue weighted by molar-refractivity contribution is 5.96. The van der Waals surface area contributed by atoms with Gasteiger partial charge >= 0.3 is 6.18 Å². The first-order valence-corrected chi connectivity index (χ1v) is 14.1. The van der Waals surface area contributed by atoms with Crippen LogP contribution in [0.5, 0.6) is 0 Å². The number of likely N-dealkylation sites (tertiary alicyclic amines) is 1. The standard InChI is InChI=1S/C31H33F3N6O3/c1-43-19-26-15-25(18-40(26)28(41)17-38-30(42)21-4-2-5-23(14-21)31(32,33)34)39-24-9-6-20(7-10-24)27-11-8-22(16-37-27)29-35-12-3-13-36-29/h2-6,8,11-14,16,24-26,39H,7,9-10,15,17-19H2,1H3,(H,38,42)/t24?,25-,26-/m0/s1. The van der Waals surface area contributed by atoms with E-state index in [1.54, 1.807) is 36.7 Å². The van der Waals surface area contributed by atoms with E-state index in [1.165, 1.54) is 17.7 Å². The zero-order valence-electron chi connectivity index (χ0n) is 23.7. The predicted molar refractivity (Wildman–Crippen MR) is 154 cm³/mol. The molecule has 12 heteroatoms. The monoisotopic (exact) mass is 594 g/mol. The molecular weight excluding hydrogens is 561 g/mol. The molecule has 1 aromatic carbocycles. The lowest BCUT2D eigenvalue weighted by atomic mass is 9.92. The zero-order valence-corrected chi connectivity index (χ0v) is 23.7. The van der Waals surface area contributed by atoms with E-state index in [4.69, 9.17) is 4.74 Å². The van der Waals surface area contributed by atoms with E-state index in [2.05, 4.69) is 31.7 Å². The molecule has 1 aliphatic heterocycles. The minimum atomic E-state index is -4.56. The number of benzene rings is 1. The topological polar surface area (TPSA) is 109 Å². The summed E-state index contributed by atoms with van der Waals surface area (Å²) in [6.45, 7) is 0.472. The van der Waals surface area contributed by atoms with Crippen LogP contribution in [0.3, 0.4) is 0 Å². The van der Waals surface area contributed by atoms with E-state index in [0.717, 1.165) is 42.7 Å². The van der Waals surface area contributed by atoms with Gasteiger partial charge in [0.25, 0.3) is 5.91 Å². The number of nitrogens with one attached hydrogen (secondary N) is 2. The molecule has 43 heavy (non-hydrogen) atoms. The van der Waals surface area contributed by atoms with Crippen molar-refractivity contribution in [1.29, 1.82) is 0 Å². The number of halogens is 3. The summed E-state index contributed by atoms with van der Waals surface area (Å²) >= 11 is 0. The Morgan fingerprint density at radius 2 is 1.88 bits per heavy atom. The number of carbonyl (C=O) groups excluding carboxylic acids is 2. The van der Waals surface area contributed by atoms with Gasteiger partial charge in [-0.3, -0.25) is 14.6 Å². The maximum atomic E-state index is 13.1.